The van der Waals surface area contributed by atoms with Gasteiger partial charge in [0.05, 0.1) is 0 Å². The van der Waals surface area contributed by atoms with Crippen molar-refractivity contribution >= 4 is 5.91 Å². The zero-order valence-electron chi connectivity index (χ0n) is 17.3. The van der Waals surface area contributed by atoms with E-state index in [1.54, 1.807) is 0 Å². The monoisotopic (exact) mass is 407 g/mol. The lowest BCUT2D eigenvalue weighted by atomic mass is 9.91. The molecule has 0 heterocycles. The van der Waals surface area contributed by atoms with Gasteiger partial charge in [0.15, 0.2) is 6.61 Å². The molecule has 0 aliphatic rings. The van der Waals surface area contributed by atoms with Gasteiger partial charge >= 0.3 is 0 Å². The Morgan fingerprint density at radius 1 is 0.645 bits per heavy atom. The second-order valence-corrected chi connectivity index (χ2v) is 7.51. The average Bonchev–Trinajstić information content (AvgIpc) is 2.83. The molecule has 31 heavy (non-hydrogen) atoms. The molecule has 0 unspecified atom stereocenters. The van der Waals surface area contributed by atoms with E-state index in [1.807, 2.05) is 30.3 Å². The van der Waals surface area contributed by atoms with E-state index in [0.717, 1.165) is 18.4 Å². The van der Waals surface area contributed by atoms with Gasteiger partial charge in [-0.25, -0.2) is 0 Å². The number of aryl methyl sites for hydroxylation is 2. The normalized spacial score (nSPS) is 10.6. The van der Waals surface area contributed by atoms with Gasteiger partial charge in [0.2, 0.25) is 0 Å². The Labute approximate surface area is 183 Å². The number of benzene rings is 4. The van der Waals surface area contributed by atoms with Gasteiger partial charge in [-0.3, -0.25) is 4.79 Å². The van der Waals surface area contributed by atoms with Crippen molar-refractivity contribution in [1.82, 2.24) is 0 Å². The Morgan fingerprint density at radius 2 is 1.26 bits per heavy atom. The van der Waals surface area contributed by atoms with Gasteiger partial charge in [-0.2, -0.15) is 0 Å². The summed E-state index contributed by atoms with van der Waals surface area (Å²) in [5.74, 6) is 0.193. The largest absolute Gasteiger partial charge is 0.484 e. The minimum Gasteiger partial charge on any atom is -0.484 e. The molecule has 0 radical (unpaired) electrons. The van der Waals surface area contributed by atoms with Crippen LogP contribution >= 0.6 is 0 Å². The van der Waals surface area contributed by atoms with Crippen molar-refractivity contribution in [1.29, 1.82) is 0 Å². The Kier molecular flexibility index (Phi) is 6.44. The lowest BCUT2D eigenvalue weighted by molar-refractivity contribution is -0.119. The third kappa shape index (κ3) is 5.40. The van der Waals surface area contributed by atoms with Crippen molar-refractivity contribution in [2.75, 3.05) is 6.61 Å². The Bertz CT molecular complexity index is 1150. The van der Waals surface area contributed by atoms with Crippen molar-refractivity contribution in [2.24, 2.45) is 5.73 Å². The van der Waals surface area contributed by atoms with E-state index in [1.165, 1.54) is 27.8 Å². The molecule has 0 fully saturated rings. The summed E-state index contributed by atoms with van der Waals surface area (Å²) in [5, 5.41) is 0. The smallest absolute Gasteiger partial charge is 0.255 e. The second-order valence-electron chi connectivity index (χ2n) is 7.51. The Morgan fingerprint density at radius 3 is 1.90 bits per heavy atom. The highest BCUT2D eigenvalue weighted by Crippen LogP contribution is 2.33. The molecule has 0 atom stereocenters. The fourth-order valence-electron chi connectivity index (χ4n) is 3.71. The van der Waals surface area contributed by atoms with E-state index in [4.69, 9.17) is 10.5 Å². The van der Waals surface area contributed by atoms with Crippen molar-refractivity contribution < 1.29 is 9.53 Å². The first-order chi connectivity index (χ1) is 15.2. The Balaban J connectivity index is 1.57. The van der Waals surface area contributed by atoms with E-state index in [0.29, 0.717) is 5.75 Å². The molecule has 2 N–H and O–H groups in total. The predicted molar refractivity (Wildman–Crippen MR) is 126 cm³/mol. The first-order valence-corrected chi connectivity index (χ1v) is 10.4. The molecular formula is C28H25NO2. The van der Waals surface area contributed by atoms with Crippen LogP contribution < -0.4 is 10.5 Å². The minimum absolute atomic E-state index is 0.106. The molecule has 0 saturated heterocycles. The van der Waals surface area contributed by atoms with Gasteiger partial charge in [0, 0.05) is 0 Å². The third-order valence-electron chi connectivity index (χ3n) is 5.24. The number of hydrogen-bond acceptors (Lipinski definition) is 2. The van der Waals surface area contributed by atoms with Crippen molar-refractivity contribution in [2.45, 2.75) is 12.8 Å². The number of amides is 1. The zero-order valence-corrected chi connectivity index (χ0v) is 17.3. The number of carbonyl (C=O) groups excluding carboxylic acids is 1. The third-order valence-corrected chi connectivity index (χ3v) is 5.24. The van der Waals surface area contributed by atoms with Gasteiger partial charge in [0.25, 0.3) is 5.91 Å². The van der Waals surface area contributed by atoms with E-state index < -0.39 is 5.91 Å². The SMILES string of the molecule is NC(=O)COc1cccc(CCc2ccc(-c3ccccc3)c(-c3ccccc3)c2)c1. The summed E-state index contributed by atoms with van der Waals surface area (Å²) in [6.07, 6.45) is 1.79. The van der Waals surface area contributed by atoms with Crippen molar-refractivity contribution in [3.05, 3.63) is 114 Å². The van der Waals surface area contributed by atoms with Crippen LogP contribution in [-0.4, -0.2) is 12.5 Å². The molecular weight excluding hydrogens is 382 g/mol. The summed E-state index contributed by atoms with van der Waals surface area (Å²) in [5.41, 5.74) is 12.5. The maximum atomic E-state index is 10.9. The van der Waals surface area contributed by atoms with E-state index in [-0.39, 0.29) is 6.61 Å². The van der Waals surface area contributed by atoms with Crippen LogP contribution in [0, 0.1) is 0 Å². The van der Waals surface area contributed by atoms with Crippen LogP contribution in [0.5, 0.6) is 5.75 Å². The molecule has 1 amide bonds. The number of rotatable bonds is 8. The van der Waals surface area contributed by atoms with E-state index in [2.05, 4.69) is 72.8 Å². The lowest BCUT2D eigenvalue weighted by Gasteiger charge is -2.13. The minimum atomic E-state index is -0.475. The maximum Gasteiger partial charge on any atom is 0.255 e. The molecule has 4 aromatic carbocycles. The summed E-state index contributed by atoms with van der Waals surface area (Å²) < 4.78 is 5.43. The number of nitrogens with two attached hydrogens (primary N) is 1. The van der Waals surface area contributed by atoms with E-state index >= 15 is 0 Å². The van der Waals surface area contributed by atoms with E-state index in [9.17, 15) is 4.79 Å². The highest BCUT2D eigenvalue weighted by atomic mass is 16.5. The zero-order chi connectivity index (χ0) is 21.5. The van der Waals surface area contributed by atoms with Crippen LogP contribution in [0.2, 0.25) is 0 Å². The van der Waals surface area contributed by atoms with Crippen molar-refractivity contribution in [3.8, 4) is 28.0 Å². The molecule has 0 spiro atoms. The summed E-state index contributed by atoms with van der Waals surface area (Å²) in [7, 11) is 0. The molecule has 3 heteroatoms. The Hall–Kier alpha value is -3.85. The van der Waals surface area contributed by atoms with Gasteiger partial charge in [-0.1, -0.05) is 91.0 Å². The number of carbonyl (C=O) groups is 1. The first-order valence-electron chi connectivity index (χ1n) is 10.4. The second kappa shape index (κ2) is 9.77. The first kappa shape index (κ1) is 20.4. The topological polar surface area (TPSA) is 52.3 Å². The molecule has 3 nitrogen and oxygen atoms in total. The highest BCUT2D eigenvalue weighted by Gasteiger charge is 2.09. The van der Waals surface area contributed by atoms with Crippen LogP contribution in [-0.2, 0) is 17.6 Å². The van der Waals surface area contributed by atoms with Gasteiger partial charge in [0.1, 0.15) is 5.75 Å². The number of primary amides is 1. The summed E-state index contributed by atoms with van der Waals surface area (Å²) >= 11 is 0. The highest BCUT2D eigenvalue weighted by molar-refractivity contribution is 5.83. The molecule has 0 aromatic heterocycles. The van der Waals surface area contributed by atoms with Crippen LogP contribution in [0.3, 0.4) is 0 Å². The molecule has 154 valence electrons. The van der Waals surface area contributed by atoms with Gasteiger partial charge in [-0.05, 0) is 58.4 Å². The van der Waals surface area contributed by atoms with Crippen LogP contribution in [0.15, 0.2) is 103 Å². The maximum absolute atomic E-state index is 10.9. The fourth-order valence-corrected chi connectivity index (χ4v) is 3.71. The van der Waals surface area contributed by atoms with Gasteiger partial charge < -0.3 is 10.5 Å². The van der Waals surface area contributed by atoms with Crippen molar-refractivity contribution in [3.63, 3.8) is 0 Å². The lowest BCUT2D eigenvalue weighted by Crippen LogP contribution is -2.20. The molecule has 4 rings (SSSR count). The summed E-state index contributed by atoms with van der Waals surface area (Å²) in [4.78, 5) is 10.9. The molecule has 0 aliphatic carbocycles. The fraction of sp³-hybridized carbons (Fsp3) is 0.107. The summed E-state index contributed by atoms with van der Waals surface area (Å²) in [6.45, 7) is -0.106. The molecule has 4 aromatic rings. The molecule has 0 aliphatic heterocycles. The van der Waals surface area contributed by atoms with Crippen LogP contribution in [0.25, 0.3) is 22.3 Å². The van der Waals surface area contributed by atoms with Crippen LogP contribution in [0.1, 0.15) is 11.1 Å². The van der Waals surface area contributed by atoms with Gasteiger partial charge in [-0.15, -0.1) is 0 Å². The standard InChI is InChI=1S/C28H25NO2/c29-28(30)20-31-25-13-7-8-21(18-25)14-15-22-16-17-26(23-9-3-1-4-10-23)27(19-22)24-11-5-2-6-12-24/h1-13,16-19H,14-15,20H2,(H2,29,30). The summed E-state index contributed by atoms with van der Waals surface area (Å²) in [6, 6.07) is 35.6. The number of hydrogen-bond donors (Lipinski definition) is 1. The molecule has 0 saturated carbocycles. The average molecular weight is 408 g/mol. The predicted octanol–water partition coefficient (Wildman–Crippen LogP) is 5.67. The van der Waals surface area contributed by atoms with Crippen LogP contribution in [0.4, 0.5) is 0 Å². The number of ether oxygens (including phenoxy) is 1. The molecule has 0 bridgehead atoms. The quantitative estimate of drug-likeness (QED) is 0.409.